The van der Waals surface area contributed by atoms with Gasteiger partial charge >= 0.3 is 0 Å². The van der Waals surface area contributed by atoms with Gasteiger partial charge in [0.15, 0.2) is 0 Å². The fourth-order valence-electron chi connectivity index (χ4n) is 2.00. The number of thiophene rings is 1. The predicted octanol–water partition coefficient (Wildman–Crippen LogP) is 3.83. The van der Waals surface area contributed by atoms with Gasteiger partial charge in [0.1, 0.15) is 0 Å². The van der Waals surface area contributed by atoms with Crippen molar-refractivity contribution >= 4 is 22.7 Å². The Morgan fingerprint density at radius 3 is 2.59 bits per heavy atom. The van der Waals surface area contributed by atoms with Crippen molar-refractivity contribution in [1.29, 1.82) is 0 Å². The summed E-state index contributed by atoms with van der Waals surface area (Å²) in [5.41, 5.74) is 2.52. The molecule has 2 heterocycles. The van der Waals surface area contributed by atoms with Crippen LogP contribution in [-0.4, -0.2) is 11.5 Å². The smallest absolute Gasteiger partial charge is 0.0900 e. The van der Waals surface area contributed by atoms with E-state index in [2.05, 4.69) is 49.4 Å². The molecule has 0 amide bonds. The van der Waals surface area contributed by atoms with Crippen molar-refractivity contribution in [3.8, 4) is 0 Å². The molecule has 92 valence electrons. The Labute approximate surface area is 111 Å². The molecule has 4 heteroatoms. The summed E-state index contributed by atoms with van der Waals surface area (Å²) in [5.74, 6) is 0. The maximum atomic E-state index is 4.53. The van der Waals surface area contributed by atoms with Gasteiger partial charge in [-0.25, -0.2) is 4.98 Å². The Balaban J connectivity index is 2.38. The molecular formula is C13H18N2S2. The van der Waals surface area contributed by atoms with Crippen molar-refractivity contribution in [2.75, 3.05) is 6.54 Å². The monoisotopic (exact) mass is 266 g/mol. The molecule has 0 radical (unpaired) electrons. The molecule has 0 fully saturated rings. The van der Waals surface area contributed by atoms with Crippen LogP contribution in [-0.2, 0) is 0 Å². The molecule has 1 N–H and O–H groups in total. The number of hydrogen-bond donors (Lipinski definition) is 1. The minimum absolute atomic E-state index is 0.302. The zero-order valence-electron chi connectivity index (χ0n) is 10.7. The third kappa shape index (κ3) is 2.76. The van der Waals surface area contributed by atoms with E-state index in [0.717, 1.165) is 17.2 Å². The van der Waals surface area contributed by atoms with Gasteiger partial charge in [0, 0.05) is 9.75 Å². The van der Waals surface area contributed by atoms with E-state index in [-0.39, 0.29) is 0 Å². The van der Waals surface area contributed by atoms with Crippen molar-refractivity contribution in [3.05, 3.63) is 37.5 Å². The van der Waals surface area contributed by atoms with Crippen LogP contribution in [0.3, 0.4) is 0 Å². The lowest BCUT2D eigenvalue weighted by molar-refractivity contribution is 0.637. The summed E-state index contributed by atoms with van der Waals surface area (Å²) in [6.45, 7) is 9.44. The van der Waals surface area contributed by atoms with Crippen LogP contribution < -0.4 is 5.32 Å². The lowest BCUT2D eigenvalue weighted by atomic mass is 10.1. The summed E-state index contributed by atoms with van der Waals surface area (Å²) >= 11 is 3.61. The first kappa shape index (κ1) is 12.7. The molecule has 2 aromatic rings. The third-order valence-corrected chi connectivity index (χ3v) is 4.71. The summed E-state index contributed by atoms with van der Waals surface area (Å²) in [6, 6.07) is 2.57. The van der Waals surface area contributed by atoms with Gasteiger partial charge in [-0.15, -0.1) is 22.7 Å². The van der Waals surface area contributed by atoms with Crippen LogP contribution >= 0.6 is 22.7 Å². The normalized spacial score (nSPS) is 12.9. The van der Waals surface area contributed by atoms with E-state index in [4.69, 9.17) is 0 Å². The van der Waals surface area contributed by atoms with Gasteiger partial charge in [-0.2, -0.15) is 0 Å². The zero-order chi connectivity index (χ0) is 12.4. The van der Waals surface area contributed by atoms with Crippen LogP contribution in [0.5, 0.6) is 0 Å². The number of hydrogen-bond acceptors (Lipinski definition) is 4. The van der Waals surface area contributed by atoms with E-state index < -0.39 is 0 Å². The number of nitrogens with one attached hydrogen (secondary N) is 1. The van der Waals surface area contributed by atoms with Gasteiger partial charge in [0.05, 0.1) is 16.7 Å². The molecule has 0 aliphatic heterocycles. The summed E-state index contributed by atoms with van der Waals surface area (Å²) in [6.07, 6.45) is 0. The van der Waals surface area contributed by atoms with Crippen LogP contribution in [0.1, 0.15) is 39.0 Å². The van der Waals surface area contributed by atoms with Crippen LogP contribution in [0, 0.1) is 20.8 Å². The van der Waals surface area contributed by atoms with Crippen molar-refractivity contribution in [3.63, 3.8) is 0 Å². The van der Waals surface area contributed by atoms with E-state index in [1.807, 2.05) is 11.3 Å². The Morgan fingerprint density at radius 1 is 1.35 bits per heavy atom. The fraction of sp³-hybridized carbons (Fsp3) is 0.462. The lowest BCUT2D eigenvalue weighted by Gasteiger charge is -2.15. The Hall–Kier alpha value is -0.710. The molecule has 17 heavy (non-hydrogen) atoms. The molecule has 0 aliphatic carbocycles. The van der Waals surface area contributed by atoms with Crippen LogP contribution in [0.2, 0.25) is 0 Å². The molecular weight excluding hydrogens is 248 g/mol. The van der Waals surface area contributed by atoms with Crippen molar-refractivity contribution in [2.45, 2.75) is 33.7 Å². The van der Waals surface area contributed by atoms with Gasteiger partial charge in [0.25, 0.3) is 0 Å². The molecule has 0 saturated carbocycles. The quantitative estimate of drug-likeness (QED) is 0.909. The molecule has 2 nitrogen and oxygen atoms in total. The van der Waals surface area contributed by atoms with Gasteiger partial charge in [-0.3, -0.25) is 0 Å². The Kier molecular flexibility index (Phi) is 3.97. The minimum Gasteiger partial charge on any atom is -0.306 e. The van der Waals surface area contributed by atoms with E-state index >= 15 is 0 Å². The van der Waals surface area contributed by atoms with E-state index in [1.165, 1.54) is 15.3 Å². The van der Waals surface area contributed by atoms with Crippen LogP contribution in [0.4, 0.5) is 0 Å². The number of rotatable bonds is 4. The second-order valence-electron chi connectivity index (χ2n) is 4.16. The molecule has 0 bridgehead atoms. The van der Waals surface area contributed by atoms with E-state index in [0.29, 0.717) is 6.04 Å². The largest absolute Gasteiger partial charge is 0.306 e. The first-order chi connectivity index (χ1) is 8.11. The van der Waals surface area contributed by atoms with E-state index in [1.54, 1.807) is 11.3 Å². The molecule has 0 saturated heterocycles. The van der Waals surface area contributed by atoms with Crippen molar-refractivity contribution < 1.29 is 0 Å². The summed E-state index contributed by atoms with van der Waals surface area (Å²) in [7, 11) is 0. The summed E-state index contributed by atoms with van der Waals surface area (Å²) in [5, 5.41) is 6.95. The fourth-order valence-corrected chi connectivity index (χ4v) is 3.76. The highest BCUT2D eigenvalue weighted by Gasteiger charge is 2.19. The highest BCUT2D eigenvalue weighted by Crippen LogP contribution is 2.32. The highest BCUT2D eigenvalue weighted by molar-refractivity contribution is 7.12. The zero-order valence-corrected chi connectivity index (χ0v) is 12.3. The molecule has 1 unspecified atom stereocenters. The molecule has 0 spiro atoms. The van der Waals surface area contributed by atoms with Gasteiger partial charge < -0.3 is 5.32 Å². The second kappa shape index (κ2) is 5.29. The number of aromatic nitrogens is 1. The van der Waals surface area contributed by atoms with Crippen LogP contribution in [0.15, 0.2) is 11.4 Å². The number of nitrogens with zero attached hydrogens (tertiary/aromatic N) is 1. The number of thiazole rings is 1. The summed E-state index contributed by atoms with van der Waals surface area (Å²) in [4.78, 5) is 7.24. The Bertz CT molecular complexity index is 499. The second-order valence-corrected chi connectivity index (χ2v) is 6.51. The maximum absolute atomic E-state index is 4.53. The Morgan fingerprint density at radius 2 is 2.12 bits per heavy atom. The van der Waals surface area contributed by atoms with Crippen molar-refractivity contribution in [2.24, 2.45) is 0 Å². The van der Waals surface area contributed by atoms with Gasteiger partial charge in [-0.1, -0.05) is 6.92 Å². The molecule has 2 aromatic heterocycles. The first-order valence-corrected chi connectivity index (χ1v) is 7.53. The van der Waals surface area contributed by atoms with E-state index in [9.17, 15) is 0 Å². The lowest BCUT2D eigenvalue weighted by Crippen LogP contribution is -2.21. The molecule has 2 rings (SSSR count). The molecule has 1 atom stereocenters. The standard InChI is InChI=1S/C13H18N2S2/c1-5-14-12(11-6-8(2)16-7-11)13-9(3)15-10(4)17-13/h6-7,12,14H,5H2,1-4H3. The highest BCUT2D eigenvalue weighted by atomic mass is 32.1. The average Bonchev–Trinajstić information content (AvgIpc) is 2.82. The molecule has 0 aliphatic rings. The van der Waals surface area contributed by atoms with Crippen molar-refractivity contribution in [1.82, 2.24) is 10.3 Å². The minimum atomic E-state index is 0.302. The van der Waals surface area contributed by atoms with Gasteiger partial charge in [-0.05, 0) is 44.3 Å². The van der Waals surface area contributed by atoms with Gasteiger partial charge in [0.2, 0.25) is 0 Å². The first-order valence-electron chi connectivity index (χ1n) is 5.84. The average molecular weight is 266 g/mol. The topological polar surface area (TPSA) is 24.9 Å². The van der Waals surface area contributed by atoms with Crippen LogP contribution in [0.25, 0.3) is 0 Å². The molecule has 0 aromatic carbocycles. The third-order valence-electron chi connectivity index (χ3n) is 2.69. The maximum Gasteiger partial charge on any atom is 0.0900 e. The SMILES string of the molecule is CCNC(c1csc(C)c1)c1sc(C)nc1C. The number of aryl methyl sites for hydroxylation is 3. The predicted molar refractivity (Wildman–Crippen MR) is 76.2 cm³/mol. The summed E-state index contributed by atoms with van der Waals surface area (Å²) < 4.78 is 0.